The van der Waals surface area contributed by atoms with Gasteiger partial charge in [0, 0.05) is 36.1 Å². The summed E-state index contributed by atoms with van der Waals surface area (Å²) in [7, 11) is 0. The largest absolute Gasteiger partial charge is 0.327 e. The van der Waals surface area contributed by atoms with Crippen LogP contribution in [0.3, 0.4) is 0 Å². The fourth-order valence-electron chi connectivity index (χ4n) is 5.17. The number of fused-ring (bicyclic) bond motifs is 2. The molecule has 0 bridgehead atoms. The molecule has 0 spiro atoms. The Morgan fingerprint density at radius 2 is 2.17 bits per heavy atom. The molecule has 0 radical (unpaired) electrons. The number of allylic oxidation sites excluding steroid dienone is 3. The van der Waals surface area contributed by atoms with Crippen molar-refractivity contribution in [2.45, 2.75) is 75.7 Å². The molecule has 3 heteroatoms. The highest BCUT2D eigenvalue weighted by atomic mass is 15.1. The molecule has 4 rings (SSSR count). The van der Waals surface area contributed by atoms with Crippen LogP contribution >= 0.6 is 0 Å². The molecule has 4 aliphatic rings. The topological polar surface area (TPSA) is 50.1 Å². The van der Waals surface area contributed by atoms with Crippen molar-refractivity contribution in [1.29, 1.82) is 0 Å². The second kappa shape index (κ2) is 6.54. The average Bonchev–Trinajstić information content (AvgIpc) is 2.99. The van der Waals surface area contributed by atoms with Gasteiger partial charge in [0.05, 0.1) is 0 Å². The van der Waals surface area contributed by atoms with Crippen molar-refractivity contribution in [3.63, 3.8) is 0 Å². The van der Waals surface area contributed by atoms with Crippen molar-refractivity contribution in [2.75, 3.05) is 0 Å². The Labute approximate surface area is 140 Å². The van der Waals surface area contributed by atoms with E-state index in [0.29, 0.717) is 36.1 Å². The van der Waals surface area contributed by atoms with Crippen LogP contribution in [0.4, 0.5) is 0 Å². The molecule has 1 fully saturated rings. The SMILES string of the molecule is CC(NC1CC=CC2=CCCC(N)C21)C1CC2CCC=CC2N1. The predicted molar refractivity (Wildman–Crippen MR) is 96.1 cm³/mol. The molecule has 0 amide bonds. The van der Waals surface area contributed by atoms with Crippen LogP contribution in [0.15, 0.2) is 36.0 Å². The monoisotopic (exact) mass is 313 g/mol. The second-order valence-corrected chi connectivity index (χ2v) is 7.97. The Hall–Kier alpha value is -0.900. The molecular weight excluding hydrogens is 282 g/mol. The van der Waals surface area contributed by atoms with Crippen molar-refractivity contribution >= 4 is 0 Å². The fraction of sp³-hybridized carbons (Fsp3) is 0.700. The van der Waals surface area contributed by atoms with E-state index in [4.69, 9.17) is 5.73 Å². The molecule has 0 aromatic heterocycles. The standard InChI is InChI=1S/C20H31N3/c1-13(19-12-15-6-2-3-10-17(15)23-19)22-18-11-5-8-14-7-4-9-16(21)20(14)18/h3,5,7-8,10,13,15-20,22-23H,2,4,6,9,11-12,21H2,1H3. The number of rotatable bonds is 3. The van der Waals surface area contributed by atoms with Crippen LogP contribution in [-0.4, -0.2) is 30.2 Å². The van der Waals surface area contributed by atoms with Gasteiger partial charge in [0.15, 0.2) is 0 Å². The van der Waals surface area contributed by atoms with Gasteiger partial charge in [-0.2, -0.15) is 0 Å². The van der Waals surface area contributed by atoms with Crippen LogP contribution < -0.4 is 16.4 Å². The smallest absolute Gasteiger partial charge is 0.0282 e. The first-order valence-corrected chi connectivity index (χ1v) is 9.53. The van der Waals surface area contributed by atoms with Crippen LogP contribution in [0, 0.1) is 11.8 Å². The maximum absolute atomic E-state index is 6.46. The van der Waals surface area contributed by atoms with Gasteiger partial charge in [-0.3, -0.25) is 0 Å². The molecule has 0 saturated carbocycles. The average molecular weight is 313 g/mol. The summed E-state index contributed by atoms with van der Waals surface area (Å²) in [5, 5.41) is 7.79. The van der Waals surface area contributed by atoms with Crippen LogP contribution in [-0.2, 0) is 0 Å². The molecule has 23 heavy (non-hydrogen) atoms. The van der Waals surface area contributed by atoms with E-state index in [0.717, 1.165) is 25.2 Å². The van der Waals surface area contributed by atoms with Gasteiger partial charge in [-0.25, -0.2) is 0 Å². The summed E-state index contributed by atoms with van der Waals surface area (Å²) in [5.74, 6) is 1.34. The summed E-state index contributed by atoms with van der Waals surface area (Å²) in [6, 6.07) is 2.51. The van der Waals surface area contributed by atoms with Crippen LogP contribution in [0.1, 0.15) is 45.4 Å². The molecule has 7 unspecified atom stereocenters. The van der Waals surface area contributed by atoms with Crippen LogP contribution in [0.25, 0.3) is 0 Å². The highest BCUT2D eigenvalue weighted by Crippen LogP contribution is 2.34. The quantitative estimate of drug-likeness (QED) is 0.702. The van der Waals surface area contributed by atoms with Crippen molar-refractivity contribution < 1.29 is 0 Å². The van der Waals surface area contributed by atoms with E-state index in [2.05, 4.69) is 47.9 Å². The maximum atomic E-state index is 6.46. The molecule has 3 nitrogen and oxygen atoms in total. The summed E-state index contributed by atoms with van der Waals surface area (Å²) < 4.78 is 0. The third-order valence-corrected chi connectivity index (χ3v) is 6.46. The Bertz CT molecular complexity index is 521. The first-order valence-electron chi connectivity index (χ1n) is 9.53. The lowest BCUT2D eigenvalue weighted by atomic mass is 9.74. The van der Waals surface area contributed by atoms with Crippen molar-refractivity contribution in [2.24, 2.45) is 17.6 Å². The zero-order valence-corrected chi connectivity index (χ0v) is 14.2. The normalized spacial score (nSPS) is 43.7. The van der Waals surface area contributed by atoms with E-state index in [1.807, 2.05) is 0 Å². The number of hydrogen-bond acceptors (Lipinski definition) is 3. The molecule has 1 aliphatic heterocycles. The minimum absolute atomic E-state index is 0.312. The third-order valence-electron chi connectivity index (χ3n) is 6.46. The van der Waals surface area contributed by atoms with Gasteiger partial charge in [-0.1, -0.05) is 30.4 Å². The molecule has 126 valence electrons. The summed E-state index contributed by atoms with van der Waals surface area (Å²) in [5.41, 5.74) is 7.93. The Balaban J connectivity index is 1.41. The first kappa shape index (κ1) is 15.6. The van der Waals surface area contributed by atoms with Crippen LogP contribution in [0.2, 0.25) is 0 Å². The lowest BCUT2D eigenvalue weighted by molar-refractivity contribution is 0.276. The highest BCUT2D eigenvalue weighted by molar-refractivity contribution is 5.31. The van der Waals surface area contributed by atoms with Crippen molar-refractivity contribution in [1.82, 2.24) is 10.6 Å². The van der Waals surface area contributed by atoms with Crippen LogP contribution in [0.5, 0.6) is 0 Å². The zero-order valence-electron chi connectivity index (χ0n) is 14.2. The molecule has 0 aromatic carbocycles. The molecule has 0 aromatic rings. The Morgan fingerprint density at radius 1 is 1.26 bits per heavy atom. The molecule has 3 aliphatic carbocycles. The zero-order chi connectivity index (χ0) is 15.8. The lowest BCUT2D eigenvalue weighted by Crippen LogP contribution is -2.54. The van der Waals surface area contributed by atoms with Crippen molar-refractivity contribution in [3.8, 4) is 0 Å². The van der Waals surface area contributed by atoms with Gasteiger partial charge in [-0.15, -0.1) is 0 Å². The van der Waals surface area contributed by atoms with Crippen molar-refractivity contribution in [3.05, 3.63) is 36.0 Å². The summed E-state index contributed by atoms with van der Waals surface area (Å²) in [6.45, 7) is 2.36. The molecule has 1 saturated heterocycles. The minimum Gasteiger partial charge on any atom is -0.327 e. The van der Waals surface area contributed by atoms with E-state index in [1.165, 1.54) is 24.8 Å². The molecule has 1 heterocycles. The lowest BCUT2D eigenvalue weighted by Gasteiger charge is -2.40. The summed E-state index contributed by atoms with van der Waals surface area (Å²) >= 11 is 0. The molecule has 7 atom stereocenters. The molecule has 4 N–H and O–H groups in total. The number of nitrogens with two attached hydrogens (primary N) is 1. The first-order chi connectivity index (χ1) is 11.2. The van der Waals surface area contributed by atoms with E-state index >= 15 is 0 Å². The van der Waals surface area contributed by atoms with Gasteiger partial charge >= 0.3 is 0 Å². The van der Waals surface area contributed by atoms with Gasteiger partial charge in [0.1, 0.15) is 0 Å². The van der Waals surface area contributed by atoms with Gasteiger partial charge in [0.2, 0.25) is 0 Å². The maximum Gasteiger partial charge on any atom is 0.0282 e. The fourth-order valence-corrected chi connectivity index (χ4v) is 5.17. The van der Waals surface area contributed by atoms with E-state index < -0.39 is 0 Å². The van der Waals surface area contributed by atoms with Gasteiger partial charge < -0.3 is 16.4 Å². The predicted octanol–water partition coefficient (Wildman–Crippen LogP) is 2.65. The van der Waals surface area contributed by atoms with Gasteiger partial charge in [0.25, 0.3) is 0 Å². The third kappa shape index (κ3) is 3.07. The minimum atomic E-state index is 0.312. The Kier molecular flexibility index (Phi) is 4.44. The highest BCUT2D eigenvalue weighted by Gasteiger charge is 2.38. The number of hydrogen-bond donors (Lipinski definition) is 3. The number of nitrogens with one attached hydrogen (secondary N) is 2. The second-order valence-electron chi connectivity index (χ2n) is 7.97. The van der Waals surface area contributed by atoms with E-state index in [9.17, 15) is 0 Å². The van der Waals surface area contributed by atoms with E-state index in [1.54, 1.807) is 0 Å². The van der Waals surface area contributed by atoms with E-state index in [-0.39, 0.29) is 0 Å². The summed E-state index contributed by atoms with van der Waals surface area (Å²) in [6.07, 6.45) is 19.1. The van der Waals surface area contributed by atoms with Gasteiger partial charge in [-0.05, 0) is 56.9 Å². The Morgan fingerprint density at radius 3 is 3.04 bits per heavy atom. The molecular formula is C20H31N3. The summed E-state index contributed by atoms with van der Waals surface area (Å²) in [4.78, 5) is 0.